The molecule has 28 heavy (non-hydrogen) atoms. The molecule has 2 rings (SSSR count). The van der Waals surface area contributed by atoms with Crippen molar-refractivity contribution in [2.45, 2.75) is 32.1 Å². The van der Waals surface area contributed by atoms with Gasteiger partial charge in [0.25, 0.3) is 0 Å². The van der Waals surface area contributed by atoms with Crippen LogP contribution in [0.15, 0.2) is 41.9 Å². The SMILES string of the molecule is C=CCCCCCN(C)C(=NC)NCC1CCN(c2ccccc2OC)C1.I. The first-order valence-corrected chi connectivity index (χ1v) is 10.1. The fraction of sp³-hybridized carbons (Fsp3) is 0.591. The Morgan fingerprint density at radius 3 is 2.86 bits per heavy atom. The van der Waals surface area contributed by atoms with Crippen molar-refractivity contribution in [3.8, 4) is 5.75 Å². The van der Waals surface area contributed by atoms with E-state index in [1.807, 2.05) is 25.3 Å². The molecule has 1 atom stereocenters. The molecule has 1 aromatic rings. The number of hydrogen-bond acceptors (Lipinski definition) is 3. The minimum atomic E-state index is 0. The lowest BCUT2D eigenvalue weighted by atomic mass is 10.1. The standard InChI is InChI=1S/C22H36N4O.HI/c1-5-6-7-8-11-15-25(3)22(23-2)24-17-19-14-16-26(18-19)20-12-9-10-13-21(20)27-4;/h5,9-10,12-13,19H,1,6-8,11,14-18H2,2-4H3,(H,23,24);1H. The van der Waals surface area contributed by atoms with E-state index in [9.17, 15) is 0 Å². The molecule has 0 bridgehead atoms. The number of hydrogen-bond donors (Lipinski definition) is 1. The van der Waals surface area contributed by atoms with Crippen LogP contribution in [0.1, 0.15) is 32.1 Å². The van der Waals surface area contributed by atoms with Crippen molar-refractivity contribution in [2.24, 2.45) is 10.9 Å². The number of aliphatic imine (C=N–C) groups is 1. The van der Waals surface area contributed by atoms with Gasteiger partial charge in [0, 0.05) is 40.3 Å². The monoisotopic (exact) mass is 500 g/mol. The van der Waals surface area contributed by atoms with Crippen LogP contribution in [0.25, 0.3) is 0 Å². The van der Waals surface area contributed by atoms with E-state index in [2.05, 4.69) is 45.9 Å². The largest absolute Gasteiger partial charge is 0.495 e. The minimum absolute atomic E-state index is 0. The second-order valence-electron chi connectivity index (χ2n) is 7.26. The Kier molecular flexibility index (Phi) is 12.0. The maximum Gasteiger partial charge on any atom is 0.193 e. The second kappa shape index (κ2) is 13.7. The van der Waals surface area contributed by atoms with Crippen LogP contribution in [-0.2, 0) is 0 Å². The van der Waals surface area contributed by atoms with E-state index in [1.165, 1.54) is 31.4 Å². The second-order valence-corrected chi connectivity index (χ2v) is 7.26. The zero-order chi connectivity index (χ0) is 19.5. The van der Waals surface area contributed by atoms with Crippen LogP contribution in [0.4, 0.5) is 5.69 Å². The normalized spacial score (nSPS) is 16.5. The fourth-order valence-corrected chi connectivity index (χ4v) is 3.65. The quantitative estimate of drug-likeness (QED) is 0.170. The number of methoxy groups -OCH3 is 1. The summed E-state index contributed by atoms with van der Waals surface area (Å²) in [6.07, 6.45) is 7.96. The number of para-hydroxylation sites is 2. The number of allylic oxidation sites excluding steroid dienone is 1. The average Bonchev–Trinajstić information content (AvgIpc) is 3.17. The van der Waals surface area contributed by atoms with Gasteiger partial charge >= 0.3 is 0 Å². The summed E-state index contributed by atoms with van der Waals surface area (Å²) in [5, 5.41) is 3.57. The van der Waals surface area contributed by atoms with Crippen LogP contribution in [-0.4, -0.2) is 58.2 Å². The van der Waals surface area contributed by atoms with E-state index in [-0.39, 0.29) is 24.0 Å². The molecule has 1 unspecified atom stereocenters. The number of guanidine groups is 1. The maximum absolute atomic E-state index is 5.51. The Morgan fingerprint density at radius 2 is 2.14 bits per heavy atom. The topological polar surface area (TPSA) is 40.1 Å². The lowest BCUT2D eigenvalue weighted by Crippen LogP contribution is -2.41. The van der Waals surface area contributed by atoms with Crippen molar-refractivity contribution < 1.29 is 4.74 Å². The van der Waals surface area contributed by atoms with Gasteiger partial charge in [-0.2, -0.15) is 0 Å². The molecular weight excluding hydrogens is 463 g/mol. The molecule has 1 heterocycles. The van der Waals surface area contributed by atoms with Gasteiger partial charge in [-0.3, -0.25) is 4.99 Å². The maximum atomic E-state index is 5.51. The predicted molar refractivity (Wildman–Crippen MR) is 131 cm³/mol. The summed E-state index contributed by atoms with van der Waals surface area (Å²) in [5.74, 6) is 2.57. The van der Waals surface area contributed by atoms with Crippen molar-refractivity contribution >= 4 is 35.6 Å². The molecule has 1 aliphatic heterocycles. The first-order chi connectivity index (χ1) is 13.2. The van der Waals surface area contributed by atoms with Crippen molar-refractivity contribution in [1.82, 2.24) is 10.2 Å². The van der Waals surface area contributed by atoms with Gasteiger partial charge in [0.15, 0.2) is 5.96 Å². The van der Waals surface area contributed by atoms with Crippen LogP contribution < -0.4 is 15.0 Å². The number of rotatable bonds is 10. The molecule has 0 saturated carbocycles. The summed E-state index contributed by atoms with van der Waals surface area (Å²) in [6, 6.07) is 8.28. The molecule has 6 heteroatoms. The molecule has 0 spiro atoms. The summed E-state index contributed by atoms with van der Waals surface area (Å²) in [6.45, 7) is 7.90. The Labute approximate surface area is 188 Å². The predicted octanol–water partition coefficient (Wildman–Crippen LogP) is 4.39. The molecular formula is C22H37IN4O. The summed E-state index contributed by atoms with van der Waals surface area (Å²) < 4.78 is 5.51. The van der Waals surface area contributed by atoms with E-state index in [0.717, 1.165) is 44.3 Å². The highest BCUT2D eigenvalue weighted by atomic mass is 127. The highest BCUT2D eigenvalue weighted by Gasteiger charge is 2.24. The van der Waals surface area contributed by atoms with Gasteiger partial charge in [0.2, 0.25) is 0 Å². The number of nitrogens with one attached hydrogen (secondary N) is 1. The van der Waals surface area contributed by atoms with E-state index in [1.54, 1.807) is 7.11 Å². The molecule has 0 radical (unpaired) electrons. The van der Waals surface area contributed by atoms with Gasteiger partial charge in [0.1, 0.15) is 5.75 Å². The number of nitrogens with zero attached hydrogens (tertiary/aromatic N) is 3. The summed E-state index contributed by atoms with van der Waals surface area (Å²) in [7, 11) is 5.73. The third-order valence-corrected chi connectivity index (χ3v) is 5.24. The first kappa shape index (κ1) is 24.6. The first-order valence-electron chi connectivity index (χ1n) is 10.1. The van der Waals surface area contributed by atoms with Gasteiger partial charge < -0.3 is 19.9 Å². The molecule has 1 saturated heterocycles. The summed E-state index contributed by atoms with van der Waals surface area (Å²) >= 11 is 0. The Bertz CT molecular complexity index is 608. The van der Waals surface area contributed by atoms with E-state index in [4.69, 9.17) is 4.74 Å². The fourth-order valence-electron chi connectivity index (χ4n) is 3.65. The van der Waals surface area contributed by atoms with E-state index in [0.29, 0.717) is 5.92 Å². The lowest BCUT2D eigenvalue weighted by Gasteiger charge is -2.24. The minimum Gasteiger partial charge on any atom is -0.495 e. The van der Waals surface area contributed by atoms with Crippen molar-refractivity contribution in [1.29, 1.82) is 0 Å². The van der Waals surface area contributed by atoms with Gasteiger partial charge in [-0.15, -0.1) is 30.6 Å². The number of unbranched alkanes of at least 4 members (excludes halogenated alkanes) is 3. The Balaban J connectivity index is 0.00000392. The van der Waals surface area contributed by atoms with Crippen LogP contribution in [0.3, 0.4) is 0 Å². The van der Waals surface area contributed by atoms with E-state index >= 15 is 0 Å². The molecule has 1 aliphatic rings. The molecule has 5 nitrogen and oxygen atoms in total. The summed E-state index contributed by atoms with van der Waals surface area (Å²) in [4.78, 5) is 9.12. The highest BCUT2D eigenvalue weighted by Crippen LogP contribution is 2.31. The summed E-state index contributed by atoms with van der Waals surface area (Å²) in [5.41, 5.74) is 1.20. The van der Waals surface area contributed by atoms with Crippen LogP contribution >= 0.6 is 24.0 Å². The Hall–Kier alpha value is -1.44. The van der Waals surface area contributed by atoms with Crippen LogP contribution in [0.2, 0.25) is 0 Å². The third-order valence-electron chi connectivity index (χ3n) is 5.24. The molecule has 1 N–H and O–H groups in total. The molecule has 0 aliphatic carbocycles. The zero-order valence-electron chi connectivity index (χ0n) is 17.7. The molecule has 1 fully saturated rings. The zero-order valence-corrected chi connectivity index (χ0v) is 20.0. The Morgan fingerprint density at radius 1 is 1.36 bits per heavy atom. The molecule has 158 valence electrons. The number of benzene rings is 1. The number of halogens is 1. The van der Waals surface area contributed by atoms with Crippen molar-refractivity contribution in [3.05, 3.63) is 36.9 Å². The van der Waals surface area contributed by atoms with Gasteiger partial charge in [-0.1, -0.05) is 24.6 Å². The molecule has 0 aromatic heterocycles. The molecule has 1 aromatic carbocycles. The van der Waals surface area contributed by atoms with Crippen molar-refractivity contribution in [2.75, 3.05) is 52.3 Å². The van der Waals surface area contributed by atoms with E-state index < -0.39 is 0 Å². The highest BCUT2D eigenvalue weighted by molar-refractivity contribution is 14.0. The molecule has 0 amide bonds. The van der Waals surface area contributed by atoms with Crippen LogP contribution in [0.5, 0.6) is 5.75 Å². The average molecular weight is 500 g/mol. The van der Waals surface area contributed by atoms with Gasteiger partial charge in [-0.05, 0) is 43.7 Å². The third kappa shape index (κ3) is 7.53. The smallest absolute Gasteiger partial charge is 0.193 e. The number of anilines is 1. The van der Waals surface area contributed by atoms with Gasteiger partial charge in [0.05, 0.1) is 12.8 Å². The van der Waals surface area contributed by atoms with Crippen LogP contribution in [0, 0.1) is 5.92 Å². The lowest BCUT2D eigenvalue weighted by molar-refractivity contribution is 0.414. The number of ether oxygens (including phenoxy) is 1. The van der Waals surface area contributed by atoms with Crippen molar-refractivity contribution in [3.63, 3.8) is 0 Å². The van der Waals surface area contributed by atoms with Gasteiger partial charge in [-0.25, -0.2) is 0 Å².